The molecule has 0 saturated heterocycles. The summed E-state index contributed by atoms with van der Waals surface area (Å²) in [7, 11) is 0. The summed E-state index contributed by atoms with van der Waals surface area (Å²) in [5, 5.41) is 26.0. The van der Waals surface area contributed by atoms with E-state index in [0.29, 0.717) is 0 Å². The number of hydrogen-bond acceptors (Lipinski definition) is 3. The Balaban J connectivity index is 3.60. The highest BCUT2D eigenvalue weighted by Crippen LogP contribution is 2.49. The Hall–Kier alpha value is -0.510. The molecular weight excluding hydrogens is 226 g/mol. The molecule has 3 nitrogen and oxygen atoms in total. The molecule has 0 aromatic heterocycles. The quantitative estimate of drug-likeness (QED) is 0.641. The minimum Gasteiger partial charge on any atom is -0.505 e. The van der Waals surface area contributed by atoms with Crippen molar-refractivity contribution in [2.45, 2.75) is 0 Å². The van der Waals surface area contributed by atoms with Gasteiger partial charge in [-0.05, 0) is 0 Å². The average molecular weight is 229 g/mol. The van der Waals surface area contributed by atoms with Crippen molar-refractivity contribution < 1.29 is 15.3 Å². The van der Waals surface area contributed by atoms with Gasteiger partial charge in [0.25, 0.3) is 0 Å². The van der Waals surface area contributed by atoms with E-state index >= 15 is 0 Å². The van der Waals surface area contributed by atoms with Gasteiger partial charge in [0, 0.05) is 0 Å². The van der Waals surface area contributed by atoms with Gasteiger partial charge < -0.3 is 15.3 Å². The zero-order valence-corrected chi connectivity index (χ0v) is 7.74. The third-order valence-corrected chi connectivity index (χ3v) is 2.32. The molecule has 0 spiro atoms. The van der Waals surface area contributed by atoms with Gasteiger partial charge in [-0.15, -0.1) is 0 Å². The van der Waals surface area contributed by atoms with E-state index in [9.17, 15) is 0 Å². The second-order valence-electron chi connectivity index (χ2n) is 1.99. The summed E-state index contributed by atoms with van der Waals surface area (Å²) in [6, 6.07) is 0. The number of aromatic hydroxyl groups is 3. The minimum absolute atomic E-state index is 0.386. The highest BCUT2D eigenvalue weighted by Gasteiger charge is 2.19. The Labute approximate surface area is 82.7 Å². The Morgan fingerprint density at radius 3 is 0.917 bits per heavy atom. The molecule has 0 aliphatic carbocycles. The summed E-state index contributed by atoms with van der Waals surface area (Å²) >= 11 is 16.1. The van der Waals surface area contributed by atoms with E-state index in [1.54, 1.807) is 0 Å². The molecule has 0 saturated carbocycles. The molecule has 0 atom stereocenters. The third-order valence-electron chi connectivity index (χ3n) is 1.25. The molecule has 0 amide bonds. The Bertz CT molecular complexity index is 232. The first-order valence-corrected chi connectivity index (χ1v) is 3.87. The Morgan fingerprint density at radius 1 is 0.583 bits per heavy atom. The lowest BCUT2D eigenvalue weighted by Gasteiger charge is -2.06. The normalized spacial score (nSPS) is 10.2. The first-order valence-electron chi connectivity index (χ1n) is 2.74. The second kappa shape index (κ2) is 3.09. The first kappa shape index (κ1) is 9.58. The van der Waals surface area contributed by atoms with E-state index < -0.39 is 17.2 Å². The molecule has 1 aromatic rings. The fourth-order valence-corrected chi connectivity index (χ4v) is 1.34. The van der Waals surface area contributed by atoms with Crippen molar-refractivity contribution >= 4 is 34.8 Å². The SMILES string of the molecule is Oc1c(Cl)c(O)c(Cl)c(O)c1Cl. The summed E-state index contributed by atoms with van der Waals surface area (Å²) in [4.78, 5) is 0. The van der Waals surface area contributed by atoms with Crippen LogP contribution in [0.1, 0.15) is 0 Å². The number of phenolic OH excluding ortho intramolecular Hbond substituents is 3. The van der Waals surface area contributed by atoms with E-state index in [2.05, 4.69) is 0 Å². The van der Waals surface area contributed by atoms with Crippen molar-refractivity contribution in [3.8, 4) is 17.2 Å². The zero-order valence-electron chi connectivity index (χ0n) is 5.48. The third kappa shape index (κ3) is 1.24. The zero-order chi connectivity index (χ0) is 9.46. The van der Waals surface area contributed by atoms with Crippen molar-refractivity contribution in [2.24, 2.45) is 0 Å². The predicted octanol–water partition coefficient (Wildman–Crippen LogP) is 2.76. The van der Waals surface area contributed by atoms with Gasteiger partial charge >= 0.3 is 0 Å². The van der Waals surface area contributed by atoms with Gasteiger partial charge in [-0.3, -0.25) is 0 Å². The van der Waals surface area contributed by atoms with E-state index in [1.807, 2.05) is 0 Å². The van der Waals surface area contributed by atoms with E-state index in [4.69, 9.17) is 50.1 Å². The monoisotopic (exact) mass is 228 g/mol. The van der Waals surface area contributed by atoms with Gasteiger partial charge in [-0.2, -0.15) is 0 Å². The van der Waals surface area contributed by atoms with Gasteiger partial charge in [0.1, 0.15) is 15.1 Å². The molecule has 3 N–H and O–H groups in total. The van der Waals surface area contributed by atoms with Crippen LogP contribution in [0, 0.1) is 0 Å². The van der Waals surface area contributed by atoms with Gasteiger partial charge in [0.2, 0.25) is 0 Å². The minimum atomic E-state index is -0.599. The van der Waals surface area contributed by atoms with Crippen molar-refractivity contribution in [3.63, 3.8) is 0 Å². The molecule has 0 unspecified atom stereocenters. The summed E-state index contributed by atoms with van der Waals surface area (Å²) in [5.74, 6) is -1.80. The summed E-state index contributed by atoms with van der Waals surface area (Å²) in [6.07, 6.45) is 0. The van der Waals surface area contributed by atoms with E-state index in [0.717, 1.165) is 0 Å². The molecule has 0 heterocycles. The highest BCUT2D eigenvalue weighted by atomic mass is 35.5. The van der Waals surface area contributed by atoms with Crippen LogP contribution in [0.2, 0.25) is 15.1 Å². The van der Waals surface area contributed by atoms with E-state index in [1.165, 1.54) is 0 Å². The average Bonchev–Trinajstić information content (AvgIpc) is 2.08. The van der Waals surface area contributed by atoms with Gasteiger partial charge in [-0.1, -0.05) is 34.8 Å². The number of phenols is 3. The van der Waals surface area contributed by atoms with Crippen LogP contribution in [-0.2, 0) is 0 Å². The first-order chi connectivity index (χ1) is 5.46. The molecule has 0 aliphatic rings. The van der Waals surface area contributed by atoms with Crippen LogP contribution < -0.4 is 0 Å². The molecular formula is C6H3Cl3O3. The Morgan fingerprint density at radius 2 is 0.750 bits per heavy atom. The fourth-order valence-electron chi connectivity index (χ4n) is 0.626. The molecule has 0 fully saturated rings. The lowest BCUT2D eigenvalue weighted by atomic mass is 10.3. The molecule has 0 bridgehead atoms. The van der Waals surface area contributed by atoms with Crippen LogP contribution in [0.15, 0.2) is 0 Å². The molecule has 0 radical (unpaired) electrons. The standard InChI is InChI=1S/C6H3Cl3O3/c7-1-4(10)2(8)6(12)3(9)5(1)11/h10-12H. The number of halogens is 3. The van der Waals surface area contributed by atoms with Gasteiger partial charge in [0.05, 0.1) is 0 Å². The topological polar surface area (TPSA) is 60.7 Å². The summed E-state index contributed by atoms with van der Waals surface area (Å²) < 4.78 is 0. The molecule has 1 aromatic carbocycles. The second-order valence-corrected chi connectivity index (χ2v) is 3.12. The predicted molar refractivity (Wildman–Crippen MR) is 46.5 cm³/mol. The Kier molecular flexibility index (Phi) is 2.46. The smallest absolute Gasteiger partial charge is 0.160 e. The lowest BCUT2D eigenvalue weighted by Crippen LogP contribution is -1.78. The molecule has 66 valence electrons. The molecule has 1 rings (SSSR count). The number of hydrogen-bond donors (Lipinski definition) is 3. The summed E-state index contributed by atoms with van der Waals surface area (Å²) in [6.45, 7) is 0. The number of benzene rings is 1. The lowest BCUT2D eigenvalue weighted by molar-refractivity contribution is 0.429. The van der Waals surface area contributed by atoms with Crippen LogP contribution in [0.25, 0.3) is 0 Å². The number of rotatable bonds is 0. The van der Waals surface area contributed by atoms with Gasteiger partial charge in [-0.25, -0.2) is 0 Å². The van der Waals surface area contributed by atoms with Crippen LogP contribution >= 0.6 is 34.8 Å². The van der Waals surface area contributed by atoms with Crippen molar-refractivity contribution in [3.05, 3.63) is 15.1 Å². The van der Waals surface area contributed by atoms with Crippen LogP contribution in [-0.4, -0.2) is 15.3 Å². The van der Waals surface area contributed by atoms with Crippen LogP contribution in [0.4, 0.5) is 0 Å². The molecule has 6 heteroatoms. The molecule has 0 aliphatic heterocycles. The molecule has 12 heavy (non-hydrogen) atoms. The largest absolute Gasteiger partial charge is 0.505 e. The van der Waals surface area contributed by atoms with Crippen molar-refractivity contribution in [1.82, 2.24) is 0 Å². The fraction of sp³-hybridized carbons (Fsp3) is 0. The highest BCUT2D eigenvalue weighted by molar-refractivity contribution is 6.43. The van der Waals surface area contributed by atoms with Crippen molar-refractivity contribution in [1.29, 1.82) is 0 Å². The van der Waals surface area contributed by atoms with Crippen molar-refractivity contribution in [2.75, 3.05) is 0 Å². The maximum absolute atomic E-state index is 9.05. The summed E-state index contributed by atoms with van der Waals surface area (Å²) in [5.41, 5.74) is 0. The van der Waals surface area contributed by atoms with Crippen LogP contribution in [0.5, 0.6) is 17.2 Å². The maximum Gasteiger partial charge on any atom is 0.160 e. The van der Waals surface area contributed by atoms with Crippen LogP contribution in [0.3, 0.4) is 0 Å². The maximum atomic E-state index is 9.05. The van der Waals surface area contributed by atoms with Gasteiger partial charge in [0.15, 0.2) is 17.2 Å². The van der Waals surface area contributed by atoms with E-state index in [-0.39, 0.29) is 15.1 Å².